The molecular weight excluding hydrogens is 274 g/mol. The summed E-state index contributed by atoms with van der Waals surface area (Å²) in [6, 6.07) is 6.27. The Bertz CT molecular complexity index is 491. The van der Waals surface area contributed by atoms with Crippen LogP contribution >= 0.6 is 0 Å². The number of amides is 1. The highest BCUT2D eigenvalue weighted by atomic mass is 16.2. The van der Waals surface area contributed by atoms with E-state index < -0.39 is 0 Å². The maximum absolute atomic E-state index is 12.2. The Hall–Kier alpha value is -1.55. The minimum absolute atomic E-state index is 0.0978. The minimum Gasteiger partial charge on any atom is -0.372 e. The molecule has 1 fully saturated rings. The third kappa shape index (κ3) is 4.47. The van der Waals surface area contributed by atoms with E-state index in [9.17, 15) is 4.79 Å². The summed E-state index contributed by atoms with van der Waals surface area (Å²) < 4.78 is 0. The number of rotatable bonds is 6. The molecule has 0 bridgehead atoms. The molecule has 0 spiro atoms. The monoisotopic (exact) mass is 303 g/mol. The van der Waals surface area contributed by atoms with Crippen LogP contribution < -0.4 is 10.2 Å². The van der Waals surface area contributed by atoms with Gasteiger partial charge in [0.2, 0.25) is 5.91 Å². The highest BCUT2D eigenvalue weighted by molar-refractivity contribution is 5.93. The number of nitrogens with zero attached hydrogens (tertiary/aromatic N) is 2. The van der Waals surface area contributed by atoms with Crippen molar-refractivity contribution < 1.29 is 4.79 Å². The van der Waals surface area contributed by atoms with Crippen LogP contribution in [0, 0.1) is 6.92 Å². The lowest BCUT2D eigenvalue weighted by Gasteiger charge is -2.26. The van der Waals surface area contributed by atoms with Crippen LogP contribution in [0.3, 0.4) is 0 Å². The van der Waals surface area contributed by atoms with E-state index in [1.54, 1.807) is 0 Å². The Morgan fingerprint density at radius 2 is 1.86 bits per heavy atom. The Balaban J connectivity index is 1.95. The average molecular weight is 303 g/mol. The van der Waals surface area contributed by atoms with Gasteiger partial charge in [-0.05, 0) is 70.5 Å². The maximum atomic E-state index is 12.2. The molecule has 1 N–H and O–H groups in total. The molecule has 1 heterocycles. The first-order chi connectivity index (χ1) is 10.6. The molecule has 0 unspecified atom stereocenters. The topological polar surface area (TPSA) is 35.6 Å². The number of aryl methyl sites for hydroxylation is 1. The fraction of sp³-hybridized carbons (Fsp3) is 0.611. The van der Waals surface area contributed by atoms with Crippen LogP contribution in [-0.4, -0.2) is 43.5 Å². The summed E-state index contributed by atoms with van der Waals surface area (Å²) in [4.78, 5) is 16.8. The zero-order chi connectivity index (χ0) is 15.9. The summed E-state index contributed by atoms with van der Waals surface area (Å²) in [6.07, 6.45) is 3.72. The van der Waals surface area contributed by atoms with Gasteiger partial charge in [0.15, 0.2) is 0 Å². The molecule has 1 aliphatic heterocycles. The lowest BCUT2D eigenvalue weighted by atomic mass is 10.1. The first-order valence-electron chi connectivity index (χ1n) is 8.51. The lowest BCUT2D eigenvalue weighted by molar-refractivity contribution is -0.117. The van der Waals surface area contributed by atoms with Crippen molar-refractivity contribution in [1.82, 2.24) is 4.90 Å². The number of carbonyl (C=O) groups is 1. The first kappa shape index (κ1) is 16.8. The Morgan fingerprint density at radius 3 is 2.45 bits per heavy atom. The van der Waals surface area contributed by atoms with Crippen LogP contribution in [-0.2, 0) is 4.79 Å². The lowest BCUT2D eigenvalue weighted by Crippen LogP contribution is -2.36. The quantitative estimate of drug-likeness (QED) is 0.876. The smallest absolute Gasteiger partial charge is 0.238 e. The number of benzene rings is 1. The van der Waals surface area contributed by atoms with Gasteiger partial charge in [0.05, 0.1) is 6.54 Å². The van der Waals surface area contributed by atoms with Crippen molar-refractivity contribution in [2.45, 2.75) is 40.0 Å². The largest absolute Gasteiger partial charge is 0.372 e. The van der Waals surface area contributed by atoms with Crippen LogP contribution in [0.2, 0.25) is 0 Å². The molecule has 0 aromatic heterocycles. The predicted molar refractivity (Wildman–Crippen MR) is 93.7 cm³/mol. The van der Waals surface area contributed by atoms with Gasteiger partial charge in [0.25, 0.3) is 0 Å². The molecule has 0 saturated carbocycles. The molecule has 2 rings (SSSR count). The Labute approximate surface area is 134 Å². The first-order valence-corrected chi connectivity index (χ1v) is 8.51. The predicted octanol–water partition coefficient (Wildman–Crippen LogP) is 3.27. The third-order valence-electron chi connectivity index (χ3n) is 4.43. The van der Waals surface area contributed by atoms with Gasteiger partial charge in [0, 0.05) is 24.5 Å². The summed E-state index contributed by atoms with van der Waals surface area (Å²) in [5, 5.41) is 3.06. The average Bonchev–Trinajstić information content (AvgIpc) is 2.52. The molecule has 0 aliphatic carbocycles. The van der Waals surface area contributed by atoms with Gasteiger partial charge in [0.1, 0.15) is 0 Å². The Morgan fingerprint density at radius 1 is 1.18 bits per heavy atom. The molecule has 1 aromatic carbocycles. The number of likely N-dealkylation sites (tertiary alicyclic amines) is 1. The molecule has 1 saturated heterocycles. The van der Waals surface area contributed by atoms with Gasteiger partial charge < -0.3 is 10.2 Å². The molecule has 122 valence electrons. The molecule has 0 radical (unpaired) electrons. The second-order valence-electron chi connectivity index (χ2n) is 6.06. The second kappa shape index (κ2) is 8.18. The normalized spacial score (nSPS) is 15.6. The van der Waals surface area contributed by atoms with Crippen molar-refractivity contribution in [3.05, 3.63) is 23.8 Å². The third-order valence-corrected chi connectivity index (χ3v) is 4.43. The van der Waals surface area contributed by atoms with Crippen molar-refractivity contribution in [2.24, 2.45) is 0 Å². The number of nitrogens with one attached hydrogen (secondary N) is 1. The molecule has 22 heavy (non-hydrogen) atoms. The van der Waals surface area contributed by atoms with Crippen molar-refractivity contribution >= 4 is 17.3 Å². The maximum Gasteiger partial charge on any atom is 0.238 e. The van der Waals surface area contributed by atoms with Crippen LogP contribution in [0.5, 0.6) is 0 Å². The van der Waals surface area contributed by atoms with E-state index in [0.29, 0.717) is 6.54 Å². The van der Waals surface area contributed by atoms with Crippen LogP contribution in [0.4, 0.5) is 11.4 Å². The van der Waals surface area contributed by atoms with Crippen molar-refractivity contribution in [3.63, 3.8) is 0 Å². The molecule has 4 nitrogen and oxygen atoms in total. The van der Waals surface area contributed by atoms with Gasteiger partial charge in [-0.25, -0.2) is 0 Å². The van der Waals surface area contributed by atoms with Crippen LogP contribution in [0.25, 0.3) is 0 Å². The van der Waals surface area contributed by atoms with Gasteiger partial charge in [-0.2, -0.15) is 0 Å². The molecule has 1 aromatic rings. The van der Waals surface area contributed by atoms with E-state index in [0.717, 1.165) is 37.4 Å². The summed E-state index contributed by atoms with van der Waals surface area (Å²) in [5.74, 6) is 0.0978. The fourth-order valence-electron chi connectivity index (χ4n) is 3.08. The number of carbonyl (C=O) groups excluding carboxylic acids is 1. The van der Waals surface area contributed by atoms with E-state index in [2.05, 4.69) is 48.0 Å². The standard InChI is InChI=1S/C18H29N3O/c1-4-21(5-2)16-9-10-17(15(3)13-16)19-18(22)14-20-11-7-6-8-12-20/h9-10,13H,4-8,11-12,14H2,1-3H3,(H,19,22). The van der Waals surface area contributed by atoms with Gasteiger partial charge in [-0.15, -0.1) is 0 Å². The van der Waals surface area contributed by atoms with Gasteiger partial charge >= 0.3 is 0 Å². The minimum atomic E-state index is 0.0978. The molecular formula is C18H29N3O. The van der Waals surface area contributed by atoms with Crippen molar-refractivity contribution in [1.29, 1.82) is 0 Å². The van der Waals surface area contributed by atoms with Crippen LogP contribution in [0.15, 0.2) is 18.2 Å². The molecule has 1 amide bonds. The molecule has 4 heteroatoms. The summed E-state index contributed by atoms with van der Waals surface area (Å²) in [5.41, 5.74) is 3.27. The zero-order valence-corrected chi connectivity index (χ0v) is 14.2. The van der Waals surface area contributed by atoms with Crippen molar-refractivity contribution in [2.75, 3.05) is 42.9 Å². The Kier molecular flexibility index (Phi) is 6.25. The number of anilines is 2. The highest BCUT2D eigenvalue weighted by Crippen LogP contribution is 2.22. The zero-order valence-electron chi connectivity index (χ0n) is 14.2. The number of piperidine rings is 1. The van der Waals surface area contributed by atoms with Gasteiger partial charge in [-0.1, -0.05) is 6.42 Å². The highest BCUT2D eigenvalue weighted by Gasteiger charge is 2.14. The molecule has 1 aliphatic rings. The van der Waals surface area contributed by atoms with E-state index in [-0.39, 0.29) is 5.91 Å². The van der Waals surface area contributed by atoms with E-state index >= 15 is 0 Å². The summed E-state index contributed by atoms with van der Waals surface area (Å²) in [6.45, 7) is 11.0. The van der Waals surface area contributed by atoms with E-state index in [4.69, 9.17) is 0 Å². The summed E-state index contributed by atoms with van der Waals surface area (Å²) >= 11 is 0. The summed E-state index contributed by atoms with van der Waals surface area (Å²) in [7, 11) is 0. The number of hydrogen-bond donors (Lipinski definition) is 1. The molecule has 0 atom stereocenters. The fourth-order valence-corrected chi connectivity index (χ4v) is 3.08. The van der Waals surface area contributed by atoms with Gasteiger partial charge in [-0.3, -0.25) is 9.69 Å². The van der Waals surface area contributed by atoms with Crippen molar-refractivity contribution in [3.8, 4) is 0 Å². The van der Waals surface area contributed by atoms with Crippen LogP contribution in [0.1, 0.15) is 38.7 Å². The second-order valence-corrected chi connectivity index (χ2v) is 6.06. The SMILES string of the molecule is CCN(CC)c1ccc(NC(=O)CN2CCCCC2)c(C)c1. The number of hydrogen-bond acceptors (Lipinski definition) is 3. The van der Waals surface area contributed by atoms with E-state index in [1.165, 1.54) is 24.9 Å². The van der Waals surface area contributed by atoms with E-state index in [1.807, 2.05) is 6.07 Å².